The average molecular weight is 216 g/mol. The summed E-state index contributed by atoms with van der Waals surface area (Å²) in [5.41, 5.74) is 5.42. The van der Waals surface area contributed by atoms with E-state index in [1.54, 1.807) is 7.11 Å². The number of hydrogen-bond acceptors (Lipinski definition) is 3. The largest absolute Gasteiger partial charge is 0.380 e. The summed E-state index contributed by atoms with van der Waals surface area (Å²) < 4.78 is 5.03. The van der Waals surface area contributed by atoms with Gasteiger partial charge in [0.2, 0.25) is 5.91 Å². The molecule has 0 spiro atoms. The molecule has 0 rings (SSSR count). The fraction of sp³-hybridized carbons (Fsp3) is 0.909. The molecule has 0 aromatic heterocycles. The zero-order valence-electron chi connectivity index (χ0n) is 9.92. The van der Waals surface area contributed by atoms with Crippen molar-refractivity contribution in [3.05, 3.63) is 0 Å². The minimum Gasteiger partial charge on any atom is -0.380 e. The van der Waals surface area contributed by atoms with Gasteiger partial charge in [0.25, 0.3) is 0 Å². The summed E-state index contributed by atoms with van der Waals surface area (Å²) >= 11 is 0. The van der Waals surface area contributed by atoms with Crippen LogP contribution in [0.4, 0.5) is 0 Å². The Morgan fingerprint density at radius 3 is 2.67 bits per heavy atom. The van der Waals surface area contributed by atoms with Crippen LogP contribution in [0.3, 0.4) is 0 Å². The summed E-state index contributed by atoms with van der Waals surface area (Å²) in [6.45, 7) is 3.32. The van der Waals surface area contributed by atoms with Crippen LogP contribution in [0, 0.1) is 0 Å². The molecule has 0 aromatic rings. The molecule has 0 aromatic carbocycles. The van der Waals surface area contributed by atoms with Crippen molar-refractivity contribution in [1.82, 2.24) is 5.32 Å². The van der Waals surface area contributed by atoms with E-state index in [1.807, 2.05) is 0 Å². The molecular formula is C11H24N2O2. The topological polar surface area (TPSA) is 64.4 Å². The van der Waals surface area contributed by atoms with Crippen LogP contribution in [-0.2, 0) is 9.53 Å². The molecule has 0 heterocycles. The quantitative estimate of drug-likeness (QED) is 0.566. The van der Waals surface area contributed by atoms with E-state index in [0.29, 0.717) is 13.0 Å². The van der Waals surface area contributed by atoms with Gasteiger partial charge in [-0.1, -0.05) is 26.2 Å². The zero-order valence-corrected chi connectivity index (χ0v) is 9.92. The monoisotopic (exact) mass is 216 g/mol. The Labute approximate surface area is 92.6 Å². The second kappa shape index (κ2) is 9.93. The number of amides is 1. The summed E-state index contributed by atoms with van der Waals surface area (Å²) in [4.78, 5) is 11.4. The lowest BCUT2D eigenvalue weighted by molar-refractivity contribution is -0.123. The van der Waals surface area contributed by atoms with Crippen molar-refractivity contribution >= 4 is 5.91 Å². The molecule has 0 aliphatic carbocycles. The Hall–Kier alpha value is -0.610. The lowest BCUT2D eigenvalue weighted by Crippen LogP contribution is -2.32. The van der Waals surface area contributed by atoms with E-state index >= 15 is 0 Å². The van der Waals surface area contributed by atoms with Gasteiger partial charge in [-0.05, 0) is 6.42 Å². The van der Waals surface area contributed by atoms with Crippen LogP contribution in [0.25, 0.3) is 0 Å². The van der Waals surface area contributed by atoms with E-state index in [-0.39, 0.29) is 12.0 Å². The van der Waals surface area contributed by atoms with Gasteiger partial charge in [0.1, 0.15) is 0 Å². The van der Waals surface area contributed by atoms with E-state index in [2.05, 4.69) is 12.2 Å². The van der Waals surface area contributed by atoms with Crippen molar-refractivity contribution in [2.45, 2.75) is 45.1 Å². The number of ether oxygens (including phenoxy) is 1. The Bertz CT molecular complexity index is 159. The van der Waals surface area contributed by atoms with Gasteiger partial charge in [0.15, 0.2) is 0 Å². The molecule has 90 valence electrons. The molecule has 3 N–H and O–H groups in total. The molecule has 0 radical (unpaired) electrons. The number of methoxy groups -OCH3 is 1. The van der Waals surface area contributed by atoms with Gasteiger partial charge < -0.3 is 15.8 Å². The van der Waals surface area contributed by atoms with Crippen LogP contribution < -0.4 is 11.1 Å². The summed E-state index contributed by atoms with van der Waals surface area (Å²) in [7, 11) is 1.58. The molecule has 0 aliphatic heterocycles. The number of carbonyl (C=O) groups is 1. The molecule has 0 saturated carbocycles. The summed E-state index contributed by atoms with van der Waals surface area (Å²) in [6.07, 6.45) is 4.90. The fourth-order valence-corrected chi connectivity index (χ4v) is 1.32. The molecule has 0 aliphatic rings. The van der Waals surface area contributed by atoms with Crippen molar-refractivity contribution in [2.24, 2.45) is 5.73 Å². The SMILES string of the molecule is CCCCCCNC(=O)CC(CN)OC. The minimum absolute atomic E-state index is 0.0313. The molecule has 0 bridgehead atoms. The van der Waals surface area contributed by atoms with Crippen molar-refractivity contribution in [2.75, 3.05) is 20.2 Å². The van der Waals surface area contributed by atoms with E-state index in [1.165, 1.54) is 19.3 Å². The molecule has 1 unspecified atom stereocenters. The molecular weight excluding hydrogens is 192 g/mol. The Balaban J connectivity index is 3.40. The number of rotatable bonds is 9. The molecule has 1 atom stereocenters. The maximum atomic E-state index is 11.4. The van der Waals surface area contributed by atoms with E-state index in [9.17, 15) is 4.79 Å². The van der Waals surface area contributed by atoms with Crippen molar-refractivity contribution < 1.29 is 9.53 Å². The molecule has 4 heteroatoms. The predicted molar refractivity (Wildman–Crippen MR) is 61.6 cm³/mol. The first kappa shape index (κ1) is 14.4. The van der Waals surface area contributed by atoms with Gasteiger partial charge in [-0.15, -0.1) is 0 Å². The van der Waals surface area contributed by atoms with Crippen molar-refractivity contribution in [3.63, 3.8) is 0 Å². The Morgan fingerprint density at radius 1 is 1.40 bits per heavy atom. The summed E-state index contributed by atoms with van der Waals surface area (Å²) in [6, 6.07) is 0. The second-order valence-electron chi connectivity index (χ2n) is 3.71. The number of hydrogen-bond donors (Lipinski definition) is 2. The summed E-state index contributed by atoms with van der Waals surface area (Å²) in [5, 5.41) is 2.87. The third-order valence-corrected chi connectivity index (χ3v) is 2.36. The van der Waals surface area contributed by atoms with Crippen LogP contribution in [0.5, 0.6) is 0 Å². The van der Waals surface area contributed by atoms with Crippen LogP contribution in [0.2, 0.25) is 0 Å². The first-order chi connectivity index (χ1) is 7.24. The summed E-state index contributed by atoms with van der Waals surface area (Å²) in [5.74, 6) is 0.0313. The maximum Gasteiger partial charge on any atom is 0.222 e. The number of unbranched alkanes of at least 4 members (excludes halogenated alkanes) is 3. The minimum atomic E-state index is -0.152. The fourth-order valence-electron chi connectivity index (χ4n) is 1.32. The molecule has 1 amide bonds. The smallest absolute Gasteiger partial charge is 0.222 e. The highest BCUT2D eigenvalue weighted by Crippen LogP contribution is 1.98. The highest BCUT2D eigenvalue weighted by molar-refractivity contribution is 5.76. The molecule has 15 heavy (non-hydrogen) atoms. The molecule has 4 nitrogen and oxygen atoms in total. The Morgan fingerprint density at radius 2 is 2.13 bits per heavy atom. The standard InChI is InChI=1S/C11H24N2O2/c1-3-4-5-6-7-13-11(14)8-10(9-12)15-2/h10H,3-9,12H2,1-2H3,(H,13,14). The lowest BCUT2D eigenvalue weighted by atomic mass is 10.2. The van der Waals surface area contributed by atoms with Crippen molar-refractivity contribution in [1.29, 1.82) is 0 Å². The highest BCUT2D eigenvalue weighted by atomic mass is 16.5. The van der Waals surface area contributed by atoms with Crippen LogP contribution in [0.15, 0.2) is 0 Å². The van der Waals surface area contributed by atoms with Gasteiger partial charge >= 0.3 is 0 Å². The van der Waals surface area contributed by atoms with E-state index < -0.39 is 0 Å². The van der Waals surface area contributed by atoms with Gasteiger partial charge in [-0.25, -0.2) is 0 Å². The van der Waals surface area contributed by atoms with Crippen LogP contribution >= 0.6 is 0 Å². The van der Waals surface area contributed by atoms with E-state index in [4.69, 9.17) is 10.5 Å². The second-order valence-corrected chi connectivity index (χ2v) is 3.71. The molecule has 0 fully saturated rings. The van der Waals surface area contributed by atoms with E-state index in [0.717, 1.165) is 13.0 Å². The normalized spacial score (nSPS) is 12.5. The third kappa shape index (κ3) is 8.39. The maximum absolute atomic E-state index is 11.4. The predicted octanol–water partition coefficient (Wildman–Crippen LogP) is 1.05. The van der Waals surface area contributed by atoms with Crippen molar-refractivity contribution in [3.8, 4) is 0 Å². The Kier molecular flexibility index (Phi) is 9.52. The van der Waals surface area contributed by atoms with Gasteiger partial charge in [-0.3, -0.25) is 4.79 Å². The first-order valence-corrected chi connectivity index (χ1v) is 5.74. The van der Waals surface area contributed by atoms with Crippen LogP contribution in [0.1, 0.15) is 39.0 Å². The first-order valence-electron chi connectivity index (χ1n) is 5.74. The number of nitrogens with one attached hydrogen (secondary N) is 1. The van der Waals surface area contributed by atoms with Crippen LogP contribution in [-0.4, -0.2) is 32.2 Å². The van der Waals surface area contributed by atoms with Gasteiger partial charge in [-0.2, -0.15) is 0 Å². The number of nitrogens with two attached hydrogens (primary N) is 1. The average Bonchev–Trinajstić information content (AvgIpc) is 2.25. The lowest BCUT2D eigenvalue weighted by Gasteiger charge is -2.12. The molecule has 0 saturated heterocycles. The highest BCUT2D eigenvalue weighted by Gasteiger charge is 2.10. The van der Waals surface area contributed by atoms with Gasteiger partial charge in [0, 0.05) is 20.2 Å². The zero-order chi connectivity index (χ0) is 11.5. The number of carbonyl (C=O) groups excluding carboxylic acids is 1. The van der Waals surface area contributed by atoms with Gasteiger partial charge in [0.05, 0.1) is 12.5 Å². The third-order valence-electron chi connectivity index (χ3n) is 2.36.